The van der Waals surface area contributed by atoms with Gasteiger partial charge in [-0.3, -0.25) is 73.7 Å². The number of ether oxygens (including phenoxy) is 2. The molecule has 4 aliphatic rings. The maximum Gasteiger partial charge on any atom is 0.343 e. The molecule has 0 bridgehead atoms. The molecule has 0 radical (unpaired) electrons. The number of nitrogens with one attached hydrogen (secondary N) is 14. The number of nitrogens with two attached hydrogens (primary N) is 2. The SMILES string of the molecule is CC(C)C[C@H](NC(=O)[C@@H](COC(C)(C)C)NC(=O)[C@H](Cc1ccc(O)cc1)NC(=O)[C@H](CO)NC(=O)[C@H](Cc1c[nH]c2ccccc12)NC(=O)[C@H](Cc1c[nH]cn1)NC(=O)[C@@H]1CCC(=O)N1)C(=O)N[C@@H](CCCNC(=N)N)C(=O)N1CCC[C@H]1C(=O)NNC(N)=O.CC[C@@]1(O)C(=O)OCc2c1cc1n(c2=O)Cc2cc3c([N+](=O)[O-])cccc3nc2-1. The fourth-order valence-electron chi connectivity index (χ4n) is 14.4. The summed E-state index contributed by atoms with van der Waals surface area (Å²) in [5.74, 6) is -9.52. The van der Waals surface area contributed by atoms with Crippen LogP contribution in [-0.2, 0) is 100 Å². The number of aliphatic hydroxyl groups excluding tert-OH is 1. The molecular formula is C79H99N21O20. The summed E-state index contributed by atoms with van der Waals surface area (Å²) in [7, 11) is 0. The number of guanidine groups is 1. The van der Waals surface area contributed by atoms with Gasteiger partial charge in [0.2, 0.25) is 53.2 Å². The first kappa shape index (κ1) is 88.9. The zero-order valence-electron chi connectivity index (χ0n) is 66.7. The van der Waals surface area contributed by atoms with Crippen molar-refractivity contribution in [3.63, 3.8) is 0 Å². The van der Waals surface area contributed by atoms with Gasteiger partial charge in [-0.2, -0.15) is 0 Å². The van der Waals surface area contributed by atoms with E-state index < -0.39 is 149 Å². The largest absolute Gasteiger partial charge is 0.508 e. The molecule has 120 heavy (non-hydrogen) atoms. The number of aliphatic hydroxyl groups is 2. The highest BCUT2D eigenvalue weighted by atomic mass is 16.6. The fourth-order valence-corrected chi connectivity index (χ4v) is 14.4. The number of aromatic amines is 2. The first-order valence-corrected chi connectivity index (χ1v) is 39.0. The number of hydrogen-bond acceptors (Lipinski definition) is 23. The van der Waals surface area contributed by atoms with Gasteiger partial charge in [0.15, 0.2) is 11.6 Å². The molecule has 8 heterocycles. The number of pyridine rings is 2. The summed E-state index contributed by atoms with van der Waals surface area (Å²) in [4.78, 5) is 204. The zero-order chi connectivity index (χ0) is 87.0. The molecule has 0 unspecified atom stereocenters. The van der Waals surface area contributed by atoms with Crippen molar-refractivity contribution in [3.05, 3.63) is 152 Å². The number of urea groups is 1. The number of nitrogens with zero attached hydrogens (tertiary/aromatic N) is 5. The highest BCUT2D eigenvalue weighted by molar-refractivity contribution is 6.00. The Balaban J connectivity index is 0.000000431. The van der Waals surface area contributed by atoms with E-state index in [1.54, 1.807) is 96.3 Å². The second-order valence-corrected chi connectivity index (χ2v) is 30.9. The third kappa shape index (κ3) is 22.2. The van der Waals surface area contributed by atoms with E-state index in [4.69, 9.17) is 26.4 Å². The van der Waals surface area contributed by atoms with Gasteiger partial charge in [0.1, 0.15) is 66.7 Å². The minimum absolute atomic E-state index is 0.00232. The van der Waals surface area contributed by atoms with Gasteiger partial charge in [0.25, 0.3) is 17.2 Å². The number of fused-ring (bicyclic) bond motifs is 6. The van der Waals surface area contributed by atoms with Crippen LogP contribution in [0.4, 0.5) is 10.5 Å². The van der Waals surface area contributed by atoms with Crippen molar-refractivity contribution in [3.8, 4) is 17.1 Å². The minimum atomic E-state index is -1.89. The molecule has 0 spiro atoms. The Morgan fingerprint density at radius 2 is 1.43 bits per heavy atom. The number of amides is 12. The highest BCUT2D eigenvalue weighted by Gasteiger charge is 2.46. The van der Waals surface area contributed by atoms with Crippen LogP contribution < -0.4 is 75.7 Å². The molecule has 7 aromatic rings. The Labute approximate surface area is 685 Å². The van der Waals surface area contributed by atoms with Crippen LogP contribution in [0.2, 0.25) is 0 Å². The number of non-ortho nitro benzene ring substituents is 1. The number of rotatable bonds is 33. The molecule has 4 aromatic heterocycles. The second kappa shape index (κ2) is 39.2. The number of nitro groups is 1. The Bertz CT molecular complexity index is 5100. The number of para-hydroxylation sites is 1. The Morgan fingerprint density at radius 1 is 0.775 bits per heavy atom. The van der Waals surface area contributed by atoms with Gasteiger partial charge in [0.05, 0.1) is 70.2 Å². The lowest BCUT2D eigenvalue weighted by atomic mass is 9.86. The molecule has 12 amide bonds. The van der Waals surface area contributed by atoms with Crippen molar-refractivity contribution >= 4 is 105 Å². The van der Waals surface area contributed by atoms with Crippen LogP contribution >= 0.6 is 0 Å². The number of benzene rings is 3. The van der Waals surface area contributed by atoms with Crippen LogP contribution in [0.5, 0.6) is 5.75 Å². The summed E-state index contributed by atoms with van der Waals surface area (Å²) in [5, 5.41) is 75.5. The van der Waals surface area contributed by atoms with E-state index in [0.717, 1.165) is 0 Å². The van der Waals surface area contributed by atoms with Crippen molar-refractivity contribution in [2.75, 3.05) is 26.3 Å². The van der Waals surface area contributed by atoms with Gasteiger partial charge >= 0.3 is 12.0 Å². The van der Waals surface area contributed by atoms with Crippen LogP contribution in [-0.4, -0.2) is 213 Å². The molecule has 0 saturated carbocycles. The van der Waals surface area contributed by atoms with Crippen LogP contribution in [0.1, 0.15) is 126 Å². The number of carbonyl (C=O) groups is 12. The predicted octanol–water partition coefficient (Wildman–Crippen LogP) is -0.908. The van der Waals surface area contributed by atoms with Crippen LogP contribution in [0.3, 0.4) is 0 Å². The molecule has 10 atom stereocenters. The van der Waals surface area contributed by atoms with E-state index in [0.29, 0.717) is 62.0 Å². The van der Waals surface area contributed by atoms with Crippen molar-refractivity contribution in [1.29, 1.82) is 5.41 Å². The molecule has 2 fully saturated rings. The lowest BCUT2D eigenvalue weighted by molar-refractivity contribution is -0.383. The van der Waals surface area contributed by atoms with E-state index in [-0.39, 0.29) is 136 Å². The number of hydrogen-bond donors (Lipinski definition) is 19. The Hall–Kier alpha value is -13.4. The third-order valence-corrected chi connectivity index (χ3v) is 20.6. The highest BCUT2D eigenvalue weighted by Crippen LogP contribution is 2.40. The van der Waals surface area contributed by atoms with E-state index in [2.05, 4.69) is 73.2 Å². The van der Waals surface area contributed by atoms with E-state index in [1.165, 1.54) is 52.3 Å². The number of nitro benzene ring substituents is 1. The van der Waals surface area contributed by atoms with Gasteiger partial charge in [-0.1, -0.05) is 57.2 Å². The molecule has 3 aromatic carbocycles. The number of likely N-dealkylation sites (tertiary alicyclic amines) is 1. The fraction of sp³-hybridized carbons (Fsp3) is 0.443. The number of carbonyl (C=O) groups excluding carboxylic acids is 12. The van der Waals surface area contributed by atoms with E-state index in [1.807, 2.05) is 5.43 Å². The van der Waals surface area contributed by atoms with Crippen LogP contribution in [0, 0.1) is 21.4 Å². The molecular weight excluding hydrogens is 1560 g/mol. The summed E-state index contributed by atoms with van der Waals surface area (Å²) < 4.78 is 12.6. The lowest BCUT2D eigenvalue weighted by Crippen LogP contribution is -2.62. The zero-order valence-corrected chi connectivity index (χ0v) is 66.7. The predicted molar refractivity (Wildman–Crippen MR) is 429 cm³/mol. The minimum Gasteiger partial charge on any atom is -0.508 e. The number of phenols is 1. The summed E-state index contributed by atoms with van der Waals surface area (Å²) in [6.07, 6.45) is 5.02. The monoisotopic (exact) mass is 1660 g/mol. The van der Waals surface area contributed by atoms with Crippen LogP contribution in [0.15, 0.2) is 102 Å². The molecule has 41 heteroatoms. The van der Waals surface area contributed by atoms with Gasteiger partial charge in [-0.05, 0) is 119 Å². The molecule has 41 nitrogen and oxygen atoms in total. The summed E-state index contributed by atoms with van der Waals surface area (Å²) in [6.45, 7) is 8.96. The number of hydrazine groups is 1. The molecule has 0 aliphatic carbocycles. The summed E-state index contributed by atoms with van der Waals surface area (Å²) in [5.41, 5.74) is 16.1. The average molecular weight is 1660 g/mol. The van der Waals surface area contributed by atoms with Crippen molar-refractivity contribution < 1.29 is 87.3 Å². The number of primary amides is 1. The number of imidazole rings is 1. The van der Waals surface area contributed by atoms with Crippen molar-refractivity contribution in [2.24, 2.45) is 17.4 Å². The summed E-state index contributed by atoms with van der Waals surface area (Å²) >= 11 is 0. The number of esters is 1. The number of aromatic hydroxyl groups is 1. The van der Waals surface area contributed by atoms with Gasteiger partial charge in [0, 0.05) is 79.3 Å². The normalized spacial score (nSPS) is 17.6. The first-order chi connectivity index (χ1) is 57.0. The number of phenolic OH excluding ortho intramolecular Hbond substituents is 1. The average Bonchev–Trinajstić information content (AvgIpc) is 1.56. The quantitative estimate of drug-likeness (QED) is 0.00591. The van der Waals surface area contributed by atoms with Crippen LogP contribution in [0.25, 0.3) is 33.2 Å². The van der Waals surface area contributed by atoms with E-state index in [9.17, 15) is 87.8 Å². The van der Waals surface area contributed by atoms with Crippen molar-refractivity contribution in [2.45, 2.75) is 191 Å². The smallest absolute Gasteiger partial charge is 0.343 e. The number of aromatic nitrogens is 5. The standard InChI is InChI=1S/C59H84N18O14.C20H15N3O6/c1-31(2)22-40(49(82)68-39(12-8-20-64-57(60)61)56(89)77-21-9-13-46(77)55(88)75-76-58(62)90)69-54(87)45(29-91-59(3,4)5)74-50(83)41(23-32-14-16-35(79)17-15-32)70-53(86)44(28-78)73-51(84)42(24-33-26-65-37-11-7-6-10-36(33)37)71-52(85)43(25-34-27-63-30-66-34)72-48(81)38-18-19-47(80)67-38;1-2-20(26)13-7-16-17-10(8-22(16)18(24)12(13)9-29-19(20)25)6-11-14(21-17)4-3-5-15(11)23(27)28/h6-7,10-11,14-17,26-27,30-31,38-46,65,78-79H,8-9,12-13,18-25,28-29H2,1-5H3,(H,63,66)(H,67,80)(H,68,82)(H,69,87)(H,70,86)(H,71,85)(H,72,81)(H,73,84)(H,74,83)(H,75,88)(H4,60,61,64)(H3,62,76,90);3-7,26H,2,8-9H2,1H3/t38-,39-,40-,41-,42-,43-,44-,45+,46-;20-/m00/s1. The van der Waals surface area contributed by atoms with E-state index >= 15 is 0 Å². The van der Waals surface area contributed by atoms with Crippen molar-refractivity contribution in [1.82, 2.24) is 88.1 Å². The Morgan fingerprint density at radius 3 is 2.07 bits per heavy atom. The number of cyclic esters (lactones) is 1. The van der Waals surface area contributed by atoms with Gasteiger partial charge in [-0.25, -0.2) is 25.0 Å². The second-order valence-electron chi connectivity index (χ2n) is 30.9. The molecule has 11 rings (SSSR count). The topological polar surface area (TPSA) is 618 Å². The Kier molecular flexibility index (Phi) is 29.1. The maximum atomic E-state index is 14.8. The molecule has 2 saturated heterocycles. The van der Waals surface area contributed by atoms with Gasteiger partial charge < -0.3 is 104 Å². The molecule has 4 aliphatic heterocycles. The number of H-pyrrole nitrogens is 2. The first-order valence-electron chi connectivity index (χ1n) is 39.0. The third-order valence-electron chi connectivity index (χ3n) is 20.6. The summed E-state index contributed by atoms with van der Waals surface area (Å²) in [6, 6.07) is 7.17. The maximum absolute atomic E-state index is 14.8. The molecule has 21 N–H and O–H groups in total. The van der Waals surface area contributed by atoms with Gasteiger partial charge in [-0.15, -0.1) is 0 Å². The lowest BCUT2D eigenvalue weighted by Gasteiger charge is -2.31. The molecule has 640 valence electrons.